The lowest BCUT2D eigenvalue weighted by molar-refractivity contribution is -0.0498. The molecule has 0 N–H and O–H groups in total. The first-order valence-electron chi connectivity index (χ1n) is 8.28. The van der Waals surface area contributed by atoms with Crippen LogP contribution in [0.1, 0.15) is 24.5 Å². The standard InChI is InChI=1S/C19H19F2NO3S/c1-2-22(16-6-4-3-5-7-16)26(23,24)18-11-9-14-12-17(25-19(20)21)10-8-15(14)13-18/h3-8,10,12-13,19H,2,9,11H2,1H3. The maximum absolute atomic E-state index is 13.1. The number of rotatable bonds is 6. The second-order valence-corrected chi connectivity index (χ2v) is 7.77. The summed E-state index contributed by atoms with van der Waals surface area (Å²) in [6.07, 6.45) is 2.38. The fourth-order valence-electron chi connectivity index (χ4n) is 3.05. The van der Waals surface area contributed by atoms with Crippen LogP contribution in [0.5, 0.6) is 5.75 Å². The number of nitrogens with zero attached hydrogens (tertiary/aromatic N) is 1. The van der Waals surface area contributed by atoms with Gasteiger partial charge in [-0.05, 0) is 61.2 Å². The summed E-state index contributed by atoms with van der Waals surface area (Å²) in [6, 6.07) is 13.5. The monoisotopic (exact) mass is 379 g/mol. The third kappa shape index (κ3) is 3.72. The third-order valence-electron chi connectivity index (χ3n) is 4.25. The Morgan fingerprint density at radius 3 is 2.50 bits per heavy atom. The van der Waals surface area contributed by atoms with E-state index in [1.54, 1.807) is 43.3 Å². The minimum atomic E-state index is -3.66. The highest BCUT2D eigenvalue weighted by atomic mass is 32.2. The highest BCUT2D eigenvalue weighted by molar-refractivity contribution is 7.96. The van der Waals surface area contributed by atoms with Gasteiger partial charge in [-0.15, -0.1) is 0 Å². The van der Waals surface area contributed by atoms with Crippen molar-refractivity contribution in [1.82, 2.24) is 0 Å². The molecule has 1 aliphatic carbocycles. The van der Waals surface area contributed by atoms with Gasteiger partial charge in [-0.3, -0.25) is 4.31 Å². The zero-order valence-electron chi connectivity index (χ0n) is 14.2. The van der Waals surface area contributed by atoms with E-state index in [2.05, 4.69) is 4.74 Å². The molecule has 0 spiro atoms. The Bertz CT molecular complexity index is 912. The van der Waals surface area contributed by atoms with E-state index in [0.717, 1.165) is 5.56 Å². The molecule has 0 amide bonds. The van der Waals surface area contributed by atoms with Crippen molar-refractivity contribution in [3.05, 3.63) is 64.6 Å². The van der Waals surface area contributed by atoms with Gasteiger partial charge in [0.15, 0.2) is 0 Å². The molecule has 2 aromatic carbocycles. The van der Waals surface area contributed by atoms with Crippen molar-refractivity contribution in [3.8, 4) is 5.75 Å². The summed E-state index contributed by atoms with van der Waals surface area (Å²) in [5.41, 5.74) is 2.12. The van der Waals surface area contributed by atoms with Crippen LogP contribution < -0.4 is 9.04 Å². The highest BCUT2D eigenvalue weighted by Crippen LogP contribution is 2.33. The van der Waals surface area contributed by atoms with E-state index >= 15 is 0 Å². The number of benzene rings is 2. The zero-order valence-corrected chi connectivity index (χ0v) is 15.0. The molecule has 0 heterocycles. The van der Waals surface area contributed by atoms with Gasteiger partial charge in [0, 0.05) is 6.54 Å². The summed E-state index contributed by atoms with van der Waals surface area (Å²) in [7, 11) is -3.66. The van der Waals surface area contributed by atoms with Gasteiger partial charge < -0.3 is 4.74 Å². The van der Waals surface area contributed by atoms with Crippen molar-refractivity contribution in [2.75, 3.05) is 10.8 Å². The molecule has 26 heavy (non-hydrogen) atoms. The van der Waals surface area contributed by atoms with Gasteiger partial charge in [0.05, 0.1) is 10.6 Å². The topological polar surface area (TPSA) is 46.6 Å². The van der Waals surface area contributed by atoms with Crippen LogP contribution in [0.2, 0.25) is 0 Å². The zero-order chi connectivity index (χ0) is 18.7. The third-order valence-corrected chi connectivity index (χ3v) is 6.28. The number of ether oxygens (including phenoxy) is 1. The van der Waals surface area contributed by atoms with E-state index in [1.165, 1.54) is 16.4 Å². The summed E-state index contributed by atoms with van der Waals surface area (Å²) < 4.78 is 56.6. The van der Waals surface area contributed by atoms with E-state index in [-0.39, 0.29) is 5.75 Å². The molecule has 0 aromatic heterocycles. The Balaban J connectivity index is 1.93. The number of halogens is 2. The largest absolute Gasteiger partial charge is 0.435 e. The summed E-state index contributed by atoms with van der Waals surface area (Å²) >= 11 is 0. The van der Waals surface area contributed by atoms with E-state index in [0.29, 0.717) is 35.5 Å². The van der Waals surface area contributed by atoms with Crippen molar-refractivity contribution in [3.63, 3.8) is 0 Å². The smallest absolute Gasteiger partial charge is 0.387 e. The van der Waals surface area contributed by atoms with Crippen LogP contribution in [0, 0.1) is 0 Å². The van der Waals surface area contributed by atoms with Crippen molar-refractivity contribution < 1.29 is 21.9 Å². The summed E-state index contributed by atoms with van der Waals surface area (Å²) in [5, 5.41) is 0. The van der Waals surface area contributed by atoms with Crippen molar-refractivity contribution in [2.45, 2.75) is 26.4 Å². The molecule has 0 saturated carbocycles. The first kappa shape index (κ1) is 18.4. The molecule has 0 radical (unpaired) electrons. The van der Waals surface area contributed by atoms with Crippen LogP contribution in [0.15, 0.2) is 53.4 Å². The molecule has 1 aliphatic rings. The number of hydrogen-bond acceptors (Lipinski definition) is 3. The molecule has 2 aromatic rings. The van der Waals surface area contributed by atoms with E-state index < -0.39 is 16.6 Å². The quantitative estimate of drug-likeness (QED) is 0.746. The second-order valence-electron chi connectivity index (χ2n) is 5.86. The SMILES string of the molecule is CCN(c1ccccc1)S(=O)(=O)C1=Cc2ccc(OC(F)F)cc2CC1. The number of alkyl halides is 2. The molecule has 0 atom stereocenters. The molecular weight excluding hydrogens is 360 g/mol. The average Bonchev–Trinajstić information content (AvgIpc) is 2.62. The van der Waals surface area contributed by atoms with E-state index in [1.807, 2.05) is 6.07 Å². The van der Waals surface area contributed by atoms with Crippen LogP contribution in [-0.2, 0) is 16.4 Å². The molecule has 138 valence electrons. The van der Waals surface area contributed by atoms with E-state index in [9.17, 15) is 17.2 Å². The van der Waals surface area contributed by atoms with Gasteiger partial charge in [0.25, 0.3) is 10.0 Å². The maximum Gasteiger partial charge on any atom is 0.387 e. The Morgan fingerprint density at radius 1 is 1.12 bits per heavy atom. The lowest BCUT2D eigenvalue weighted by Gasteiger charge is -2.26. The average molecular weight is 379 g/mol. The Hall–Kier alpha value is -2.41. The van der Waals surface area contributed by atoms with Crippen LogP contribution in [0.3, 0.4) is 0 Å². The van der Waals surface area contributed by atoms with Gasteiger partial charge in [-0.1, -0.05) is 24.3 Å². The number of anilines is 1. The predicted octanol–water partition coefficient (Wildman–Crippen LogP) is 4.43. The molecule has 0 unspecified atom stereocenters. The van der Waals surface area contributed by atoms with Crippen LogP contribution in [0.4, 0.5) is 14.5 Å². The molecular formula is C19H19F2NO3S. The molecule has 0 saturated heterocycles. The van der Waals surface area contributed by atoms with Gasteiger partial charge in [0.2, 0.25) is 0 Å². The Morgan fingerprint density at radius 2 is 1.85 bits per heavy atom. The fraction of sp³-hybridized carbons (Fsp3) is 0.263. The second kappa shape index (κ2) is 7.45. The first-order chi connectivity index (χ1) is 12.4. The predicted molar refractivity (Wildman–Crippen MR) is 97.8 cm³/mol. The maximum atomic E-state index is 13.1. The number of sulfonamides is 1. The summed E-state index contributed by atoms with van der Waals surface area (Å²) in [5.74, 6) is 0.0814. The molecule has 4 nitrogen and oxygen atoms in total. The number of allylic oxidation sites excluding steroid dienone is 1. The molecule has 3 rings (SSSR count). The number of hydrogen-bond donors (Lipinski definition) is 0. The lowest BCUT2D eigenvalue weighted by atomic mass is 9.97. The molecule has 7 heteroatoms. The lowest BCUT2D eigenvalue weighted by Crippen LogP contribution is -2.32. The normalized spacial score (nSPS) is 13.9. The summed E-state index contributed by atoms with van der Waals surface area (Å²) in [6.45, 7) is -0.778. The van der Waals surface area contributed by atoms with Gasteiger partial charge in [0.1, 0.15) is 5.75 Å². The van der Waals surface area contributed by atoms with E-state index in [4.69, 9.17) is 0 Å². The minimum Gasteiger partial charge on any atom is -0.435 e. The number of para-hydroxylation sites is 1. The highest BCUT2D eigenvalue weighted by Gasteiger charge is 2.28. The molecule has 0 aliphatic heterocycles. The van der Waals surface area contributed by atoms with Gasteiger partial charge >= 0.3 is 6.61 Å². The molecule has 0 fully saturated rings. The minimum absolute atomic E-state index is 0.0814. The van der Waals surface area contributed by atoms with Crippen molar-refractivity contribution >= 4 is 21.8 Å². The van der Waals surface area contributed by atoms with Crippen LogP contribution in [0.25, 0.3) is 6.08 Å². The van der Waals surface area contributed by atoms with Crippen molar-refractivity contribution in [1.29, 1.82) is 0 Å². The van der Waals surface area contributed by atoms with Gasteiger partial charge in [-0.2, -0.15) is 8.78 Å². The Labute approximate surface area is 151 Å². The van der Waals surface area contributed by atoms with Crippen LogP contribution >= 0.6 is 0 Å². The first-order valence-corrected chi connectivity index (χ1v) is 9.72. The molecule has 0 bridgehead atoms. The fourth-order valence-corrected chi connectivity index (χ4v) is 4.71. The van der Waals surface area contributed by atoms with Crippen molar-refractivity contribution in [2.24, 2.45) is 0 Å². The summed E-state index contributed by atoms with van der Waals surface area (Å²) in [4.78, 5) is 0.318. The number of fused-ring (bicyclic) bond motifs is 1. The van der Waals surface area contributed by atoms with Crippen LogP contribution in [-0.4, -0.2) is 21.6 Å². The van der Waals surface area contributed by atoms with Gasteiger partial charge in [-0.25, -0.2) is 8.42 Å². The Kier molecular flexibility index (Phi) is 5.27. The number of aryl methyl sites for hydroxylation is 1.